The molecule has 0 radical (unpaired) electrons. The number of aryl methyl sites for hydroxylation is 1. The Labute approximate surface area is 245 Å². The minimum atomic E-state index is -4.52. The van der Waals surface area contributed by atoms with E-state index >= 15 is 0 Å². The van der Waals surface area contributed by atoms with Crippen LogP contribution in [0.2, 0.25) is 0 Å². The van der Waals surface area contributed by atoms with Gasteiger partial charge in [0.1, 0.15) is 27.7 Å². The molecule has 0 unspecified atom stereocenters. The highest BCUT2D eigenvalue weighted by Gasteiger charge is 2.29. The molecule has 0 amide bonds. The molecule has 13 heteroatoms. The van der Waals surface area contributed by atoms with Crippen molar-refractivity contribution in [2.75, 3.05) is 23.7 Å². The van der Waals surface area contributed by atoms with Gasteiger partial charge in [0.05, 0.1) is 30.5 Å². The Kier molecular flexibility index (Phi) is 8.55. The van der Waals surface area contributed by atoms with Crippen molar-refractivity contribution in [1.82, 2.24) is 4.57 Å². The van der Waals surface area contributed by atoms with Crippen molar-refractivity contribution in [2.24, 2.45) is 7.05 Å². The van der Waals surface area contributed by atoms with E-state index in [-0.39, 0.29) is 27.6 Å². The van der Waals surface area contributed by atoms with Crippen LogP contribution in [0.25, 0.3) is 0 Å². The first-order valence-corrected chi connectivity index (χ1v) is 15.6. The average Bonchev–Trinajstić information content (AvgIpc) is 3.16. The molecule has 1 aromatic heterocycles. The molecule has 42 heavy (non-hydrogen) atoms. The second kappa shape index (κ2) is 11.8. The van der Waals surface area contributed by atoms with E-state index in [9.17, 15) is 21.6 Å². The monoisotopic (exact) mass is 613 g/mol. The summed E-state index contributed by atoms with van der Waals surface area (Å²) in [5, 5.41) is 0. The maximum atomic E-state index is 13.9. The van der Waals surface area contributed by atoms with E-state index in [4.69, 9.17) is 14.2 Å². The number of methoxy groups -OCH3 is 2. The minimum absolute atomic E-state index is 0.00988. The number of hydrogen-bond acceptors (Lipinski definition) is 8. The van der Waals surface area contributed by atoms with Gasteiger partial charge in [-0.1, -0.05) is 17.7 Å². The zero-order valence-corrected chi connectivity index (χ0v) is 25.5. The number of ether oxygens (including phenoxy) is 3. The second-order valence-corrected chi connectivity index (χ2v) is 12.8. The summed E-state index contributed by atoms with van der Waals surface area (Å²) in [7, 11) is -4.30. The zero-order chi connectivity index (χ0) is 30.8. The van der Waals surface area contributed by atoms with Gasteiger partial charge in [0.2, 0.25) is 0 Å². The van der Waals surface area contributed by atoms with Gasteiger partial charge in [-0.2, -0.15) is 0 Å². The Bertz CT molecular complexity index is 1850. The van der Waals surface area contributed by atoms with E-state index in [1.54, 1.807) is 61.9 Å². The molecule has 222 valence electrons. The molecular weight excluding hydrogens is 582 g/mol. The van der Waals surface area contributed by atoms with Gasteiger partial charge >= 0.3 is 5.97 Å². The van der Waals surface area contributed by atoms with Gasteiger partial charge in [0, 0.05) is 24.5 Å². The molecule has 0 bridgehead atoms. The molecule has 1 heterocycles. The number of carbonyl (C=O) groups is 1. The largest absolute Gasteiger partial charge is 0.497 e. The summed E-state index contributed by atoms with van der Waals surface area (Å²) in [6.45, 7) is 5.11. The van der Waals surface area contributed by atoms with Crippen molar-refractivity contribution in [3.8, 4) is 17.2 Å². The van der Waals surface area contributed by atoms with Gasteiger partial charge in [-0.25, -0.2) is 21.6 Å². The summed E-state index contributed by atoms with van der Waals surface area (Å²) < 4.78 is 76.8. The molecule has 0 spiro atoms. The van der Waals surface area contributed by atoms with Crippen molar-refractivity contribution in [1.29, 1.82) is 0 Å². The maximum Gasteiger partial charge on any atom is 0.341 e. The molecule has 0 atom stereocenters. The van der Waals surface area contributed by atoms with Gasteiger partial charge in [0.15, 0.2) is 0 Å². The summed E-state index contributed by atoms with van der Waals surface area (Å²) in [6.07, 6.45) is 0. The number of anilines is 2. The van der Waals surface area contributed by atoms with Crippen molar-refractivity contribution >= 4 is 37.4 Å². The summed E-state index contributed by atoms with van der Waals surface area (Å²) in [6, 6.07) is 16.7. The van der Waals surface area contributed by atoms with Crippen LogP contribution >= 0.6 is 0 Å². The van der Waals surface area contributed by atoms with E-state index in [0.29, 0.717) is 22.9 Å². The average molecular weight is 614 g/mol. The van der Waals surface area contributed by atoms with Gasteiger partial charge in [0.25, 0.3) is 20.0 Å². The van der Waals surface area contributed by atoms with Crippen LogP contribution in [0.1, 0.15) is 27.3 Å². The van der Waals surface area contributed by atoms with Crippen molar-refractivity contribution in [3.05, 3.63) is 89.2 Å². The van der Waals surface area contributed by atoms with E-state index < -0.39 is 30.9 Å². The normalized spacial score (nSPS) is 11.6. The van der Waals surface area contributed by atoms with Crippen molar-refractivity contribution < 1.29 is 35.8 Å². The number of aromatic nitrogens is 1. The fourth-order valence-electron chi connectivity index (χ4n) is 4.19. The number of nitrogens with one attached hydrogen (secondary N) is 2. The van der Waals surface area contributed by atoms with Gasteiger partial charge < -0.3 is 18.8 Å². The van der Waals surface area contributed by atoms with Gasteiger partial charge in [-0.3, -0.25) is 9.44 Å². The number of hydrogen-bond donors (Lipinski definition) is 2. The number of carbonyl (C=O) groups excluding carboxylic acids is 1. The molecule has 0 aliphatic rings. The highest BCUT2D eigenvalue weighted by molar-refractivity contribution is 7.94. The number of esters is 1. The molecule has 0 fully saturated rings. The lowest BCUT2D eigenvalue weighted by molar-refractivity contribution is 0.0601. The van der Waals surface area contributed by atoms with Crippen LogP contribution < -0.4 is 18.9 Å². The predicted octanol–water partition coefficient (Wildman–Crippen LogP) is 5.14. The first kappa shape index (κ1) is 30.5. The van der Waals surface area contributed by atoms with Crippen LogP contribution in [0.3, 0.4) is 0 Å². The predicted molar refractivity (Wildman–Crippen MR) is 159 cm³/mol. The number of benzene rings is 3. The Balaban J connectivity index is 1.82. The Morgan fingerprint density at radius 1 is 0.738 bits per heavy atom. The Morgan fingerprint density at radius 3 is 1.93 bits per heavy atom. The topological polar surface area (TPSA) is 142 Å². The molecule has 4 rings (SSSR count). The van der Waals surface area contributed by atoms with E-state index in [0.717, 1.165) is 5.56 Å². The molecule has 11 nitrogen and oxygen atoms in total. The van der Waals surface area contributed by atoms with Crippen LogP contribution in [0.4, 0.5) is 11.4 Å². The van der Waals surface area contributed by atoms with Crippen LogP contribution in [0, 0.1) is 20.8 Å². The van der Waals surface area contributed by atoms with E-state index in [1.165, 1.54) is 44.6 Å². The Hall–Kier alpha value is -4.49. The molecular formula is C29H31N3O8S2. The lowest BCUT2D eigenvalue weighted by Crippen LogP contribution is -2.20. The third kappa shape index (κ3) is 6.21. The van der Waals surface area contributed by atoms with Gasteiger partial charge in [-0.05, 0) is 69.3 Å². The van der Waals surface area contributed by atoms with Crippen LogP contribution in [0.15, 0.2) is 76.5 Å². The minimum Gasteiger partial charge on any atom is -0.497 e. The molecule has 2 N–H and O–H groups in total. The van der Waals surface area contributed by atoms with Crippen molar-refractivity contribution in [2.45, 2.75) is 30.6 Å². The number of rotatable bonds is 10. The first-order chi connectivity index (χ1) is 19.8. The lowest BCUT2D eigenvalue weighted by atomic mass is 10.2. The summed E-state index contributed by atoms with van der Waals surface area (Å²) >= 11 is 0. The molecule has 0 saturated heterocycles. The highest BCUT2D eigenvalue weighted by atomic mass is 32.2. The van der Waals surface area contributed by atoms with Crippen LogP contribution in [0.5, 0.6) is 17.2 Å². The van der Waals surface area contributed by atoms with Crippen LogP contribution in [-0.4, -0.2) is 41.6 Å². The second-order valence-electron chi connectivity index (χ2n) is 9.43. The lowest BCUT2D eigenvalue weighted by Gasteiger charge is -2.17. The zero-order valence-electron chi connectivity index (χ0n) is 23.9. The fraction of sp³-hybridized carbons (Fsp3) is 0.207. The number of sulfonamides is 2. The maximum absolute atomic E-state index is 13.9. The number of nitrogens with zero attached hydrogens (tertiary/aromatic N) is 1. The molecule has 0 aliphatic carbocycles. The molecule has 4 aromatic rings. The third-order valence-corrected chi connectivity index (χ3v) is 9.49. The summed E-state index contributed by atoms with van der Waals surface area (Å²) in [5.41, 5.74) is 1.61. The van der Waals surface area contributed by atoms with Crippen molar-refractivity contribution in [3.63, 3.8) is 0 Å². The molecule has 0 aliphatic heterocycles. The SMILES string of the molecule is COC(=O)c1c(NS(=O)(=O)c2cc(Oc3ccc(OC)cc3)ccc2NS(=O)(=O)c2ccc(C)cc2)c(C)n(C)c1C. The standard InChI is InChI=1S/C29H31N3O8S2/c1-18-7-14-24(15-8-18)41(34,35)30-25-16-13-23(40-22-11-9-21(38-5)10-12-22)17-26(25)42(36,37)31-28-20(3)32(4)19(2)27(28)29(33)39-6/h7-17,30-31H,1-6H3. The third-order valence-electron chi connectivity index (χ3n) is 6.72. The molecule has 3 aromatic carbocycles. The summed E-state index contributed by atoms with van der Waals surface area (Å²) in [4.78, 5) is 12.1. The van der Waals surface area contributed by atoms with Gasteiger partial charge in [-0.15, -0.1) is 0 Å². The quantitative estimate of drug-likeness (QED) is 0.234. The van der Waals surface area contributed by atoms with E-state index in [1.807, 2.05) is 6.92 Å². The summed E-state index contributed by atoms with van der Waals surface area (Å²) in [5.74, 6) is 0.381. The first-order valence-electron chi connectivity index (χ1n) is 12.6. The Morgan fingerprint density at radius 2 is 1.33 bits per heavy atom. The van der Waals surface area contributed by atoms with E-state index in [2.05, 4.69) is 9.44 Å². The highest BCUT2D eigenvalue weighted by Crippen LogP contribution is 2.35. The van der Waals surface area contributed by atoms with Crippen LogP contribution in [-0.2, 0) is 31.8 Å². The fourth-order valence-corrected chi connectivity index (χ4v) is 6.64. The molecule has 0 saturated carbocycles. The smallest absolute Gasteiger partial charge is 0.341 e.